The number of hydrogen-bond acceptors (Lipinski definition) is 5. The van der Waals surface area contributed by atoms with Crippen LogP contribution in [0.5, 0.6) is 0 Å². The largest absolute Gasteiger partial charge is 0.383 e. The van der Waals surface area contributed by atoms with Gasteiger partial charge in [-0.2, -0.15) is 4.99 Å². The van der Waals surface area contributed by atoms with Crippen LogP contribution in [0, 0.1) is 6.92 Å². The molecule has 0 fully saturated rings. The van der Waals surface area contributed by atoms with Gasteiger partial charge in [-0.25, -0.2) is 18.1 Å². The van der Waals surface area contributed by atoms with Gasteiger partial charge in [0, 0.05) is 24.7 Å². The summed E-state index contributed by atoms with van der Waals surface area (Å²) in [5.74, 6) is 0.130. The maximum absolute atomic E-state index is 12.5. The third kappa shape index (κ3) is 5.38. The van der Waals surface area contributed by atoms with Crippen molar-refractivity contribution >= 4 is 32.6 Å². The summed E-state index contributed by atoms with van der Waals surface area (Å²) < 4.78 is 32.5. The minimum Gasteiger partial charge on any atom is -0.383 e. The number of benzene rings is 1. The molecule has 9 heteroatoms. The summed E-state index contributed by atoms with van der Waals surface area (Å²) in [5.41, 5.74) is 11.7. The molecule has 1 atom stereocenters. The lowest BCUT2D eigenvalue weighted by atomic mass is 10.1. The van der Waals surface area contributed by atoms with Crippen LogP contribution in [0.15, 0.2) is 34.3 Å². The minimum atomic E-state index is -3.70. The zero-order valence-electron chi connectivity index (χ0n) is 15.8. The molecule has 0 aliphatic heterocycles. The van der Waals surface area contributed by atoms with Gasteiger partial charge in [0.05, 0.1) is 11.5 Å². The molecule has 5 N–H and O–H groups in total. The summed E-state index contributed by atoms with van der Waals surface area (Å²) in [6, 6.07) is 4.41. The number of nitrogens with one attached hydrogen (secondary N) is 1. The van der Waals surface area contributed by atoms with Crippen LogP contribution in [0.4, 0.5) is 5.82 Å². The molecule has 1 heterocycles. The van der Waals surface area contributed by atoms with E-state index < -0.39 is 10.0 Å². The molecule has 144 valence electrons. The molecular weight excluding hydrogens is 354 g/mol. The molecule has 0 spiro atoms. The number of nitrogens with two attached hydrogens (primary N) is 2. The topological polar surface area (TPSA) is 133 Å². The normalized spacial score (nSPS) is 12.2. The standard InChI is InChI=1S/C15H21N5O3S.C2H6/c1-9-7-18-14(19-15(16)17)13-6-11(4-5-12(9)13)24(21,22)20-10(2)8-23-3;1-2/h4-7,10,20H,8H2,1-3H3,(H4,16,17,18,19);1-2H3. The van der Waals surface area contributed by atoms with Crippen LogP contribution in [0.3, 0.4) is 0 Å². The van der Waals surface area contributed by atoms with Gasteiger partial charge < -0.3 is 16.2 Å². The predicted octanol–water partition coefficient (Wildman–Crippen LogP) is 1.79. The third-order valence-electron chi connectivity index (χ3n) is 3.36. The molecule has 0 bridgehead atoms. The molecule has 1 aromatic carbocycles. The molecule has 2 aromatic rings. The minimum absolute atomic E-state index is 0.109. The van der Waals surface area contributed by atoms with E-state index in [4.69, 9.17) is 16.2 Å². The highest BCUT2D eigenvalue weighted by Crippen LogP contribution is 2.28. The van der Waals surface area contributed by atoms with Gasteiger partial charge in [0.1, 0.15) is 0 Å². The lowest BCUT2D eigenvalue weighted by molar-refractivity contribution is 0.180. The van der Waals surface area contributed by atoms with Gasteiger partial charge in [0.2, 0.25) is 10.0 Å². The summed E-state index contributed by atoms with van der Waals surface area (Å²) in [5, 5.41) is 1.39. The number of rotatable bonds is 6. The van der Waals surface area contributed by atoms with Crippen molar-refractivity contribution in [3.63, 3.8) is 0 Å². The van der Waals surface area contributed by atoms with Crippen molar-refractivity contribution < 1.29 is 13.2 Å². The van der Waals surface area contributed by atoms with Crippen LogP contribution < -0.4 is 16.2 Å². The first-order chi connectivity index (χ1) is 12.2. The number of pyridine rings is 1. The first-order valence-corrected chi connectivity index (χ1v) is 9.73. The Morgan fingerprint density at radius 1 is 1.31 bits per heavy atom. The lowest BCUT2D eigenvalue weighted by Crippen LogP contribution is -2.35. The first kappa shape index (κ1) is 21.8. The maximum atomic E-state index is 12.5. The first-order valence-electron chi connectivity index (χ1n) is 8.25. The van der Waals surface area contributed by atoms with Crippen LogP contribution in [-0.2, 0) is 14.8 Å². The Morgan fingerprint density at radius 2 is 1.96 bits per heavy atom. The lowest BCUT2D eigenvalue weighted by Gasteiger charge is -2.14. The van der Waals surface area contributed by atoms with E-state index in [0.29, 0.717) is 5.39 Å². The molecule has 0 saturated carbocycles. The van der Waals surface area contributed by atoms with E-state index in [1.807, 2.05) is 20.8 Å². The fourth-order valence-electron chi connectivity index (χ4n) is 2.34. The summed E-state index contributed by atoms with van der Waals surface area (Å²) >= 11 is 0. The Balaban J connectivity index is 0.00000163. The Morgan fingerprint density at radius 3 is 2.54 bits per heavy atom. The Hall–Kier alpha value is -2.23. The molecule has 0 radical (unpaired) electrons. The molecule has 0 amide bonds. The van der Waals surface area contributed by atoms with E-state index in [-0.39, 0.29) is 29.3 Å². The van der Waals surface area contributed by atoms with Crippen LogP contribution in [0.2, 0.25) is 0 Å². The summed E-state index contributed by atoms with van der Waals surface area (Å²) in [4.78, 5) is 8.25. The van der Waals surface area contributed by atoms with E-state index in [0.717, 1.165) is 10.9 Å². The SMILES string of the molecule is CC.COCC(C)NS(=O)(=O)c1ccc2c(C)cnc(N=C(N)N)c2c1. The van der Waals surface area contributed by atoms with Gasteiger partial charge in [0.25, 0.3) is 0 Å². The number of fused-ring (bicyclic) bond motifs is 1. The highest BCUT2D eigenvalue weighted by Gasteiger charge is 2.19. The summed E-state index contributed by atoms with van der Waals surface area (Å²) in [6.45, 7) is 7.87. The highest BCUT2D eigenvalue weighted by molar-refractivity contribution is 7.89. The number of nitrogens with zero attached hydrogens (tertiary/aromatic N) is 2. The zero-order chi connectivity index (χ0) is 19.9. The monoisotopic (exact) mass is 381 g/mol. The fraction of sp³-hybridized carbons (Fsp3) is 0.412. The van der Waals surface area contributed by atoms with Crippen LogP contribution in [-0.4, -0.2) is 39.1 Å². The number of aryl methyl sites for hydroxylation is 1. The van der Waals surface area contributed by atoms with Gasteiger partial charge in [0.15, 0.2) is 11.8 Å². The van der Waals surface area contributed by atoms with Gasteiger partial charge in [-0.1, -0.05) is 19.9 Å². The van der Waals surface area contributed by atoms with Gasteiger partial charge in [-0.3, -0.25) is 0 Å². The molecular formula is C17H27N5O3S. The molecule has 26 heavy (non-hydrogen) atoms. The second-order valence-electron chi connectivity index (χ2n) is 5.49. The van der Waals surface area contributed by atoms with E-state index in [9.17, 15) is 8.42 Å². The molecule has 0 aliphatic carbocycles. The molecule has 0 saturated heterocycles. The predicted molar refractivity (Wildman–Crippen MR) is 105 cm³/mol. The highest BCUT2D eigenvalue weighted by atomic mass is 32.2. The van der Waals surface area contributed by atoms with Gasteiger partial charge in [-0.05, 0) is 36.9 Å². The third-order valence-corrected chi connectivity index (χ3v) is 4.94. The Bertz CT molecular complexity index is 877. The van der Waals surface area contributed by atoms with Crippen molar-refractivity contribution in [2.75, 3.05) is 13.7 Å². The fourth-order valence-corrected chi connectivity index (χ4v) is 3.60. The van der Waals surface area contributed by atoms with Gasteiger partial charge >= 0.3 is 0 Å². The maximum Gasteiger partial charge on any atom is 0.240 e. The molecule has 2 rings (SSSR count). The number of methoxy groups -OCH3 is 1. The van der Waals surface area contributed by atoms with E-state index in [1.165, 1.54) is 19.2 Å². The molecule has 0 aliphatic rings. The number of aromatic nitrogens is 1. The molecule has 1 aromatic heterocycles. The van der Waals surface area contributed by atoms with Crippen molar-refractivity contribution in [3.8, 4) is 0 Å². The average Bonchev–Trinajstić information content (AvgIpc) is 2.58. The number of guanidine groups is 1. The van der Waals surface area contributed by atoms with E-state index >= 15 is 0 Å². The number of ether oxygens (including phenoxy) is 1. The summed E-state index contributed by atoms with van der Waals surface area (Å²) in [6.07, 6.45) is 1.64. The smallest absolute Gasteiger partial charge is 0.240 e. The van der Waals surface area contributed by atoms with Crippen molar-refractivity contribution in [1.29, 1.82) is 0 Å². The van der Waals surface area contributed by atoms with Crippen LogP contribution >= 0.6 is 0 Å². The Kier molecular flexibility index (Phi) is 7.94. The summed E-state index contributed by atoms with van der Waals surface area (Å²) in [7, 11) is -2.19. The number of hydrogen-bond donors (Lipinski definition) is 3. The second-order valence-corrected chi connectivity index (χ2v) is 7.20. The van der Waals surface area contributed by atoms with E-state index in [2.05, 4.69) is 14.7 Å². The van der Waals surface area contributed by atoms with Crippen molar-refractivity contribution in [2.24, 2.45) is 16.5 Å². The van der Waals surface area contributed by atoms with Gasteiger partial charge in [-0.15, -0.1) is 0 Å². The second kappa shape index (κ2) is 9.46. The molecule has 8 nitrogen and oxygen atoms in total. The van der Waals surface area contributed by atoms with Crippen LogP contribution in [0.25, 0.3) is 10.8 Å². The number of sulfonamides is 1. The average molecular weight is 382 g/mol. The van der Waals surface area contributed by atoms with Crippen molar-refractivity contribution in [3.05, 3.63) is 30.0 Å². The Labute approximate surface area is 154 Å². The van der Waals surface area contributed by atoms with Crippen molar-refractivity contribution in [1.82, 2.24) is 9.71 Å². The quantitative estimate of drug-likeness (QED) is 0.516. The van der Waals surface area contributed by atoms with E-state index in [1.54, 1.807) is 19.2 Å². The zero-order valence-corrected chi connectivity index (χ0v) is 16.6. The van der Waals surface area contributed by atoms with Crippen LogP contribution in [0.1, 0.15) is 26.3 Å². The molecule has 1 unspecified atom stereocenters. The number of aliphatic imine (C=N–C) groups is 1. The van der Waals surface area contributed by atoms with Crippen molar-refractivity contribution in [2.45, 2.75) is 38.6 Å².